The minimum Gasteiger partial charge on any atom is -0.376 e. The first-order valence-electron chi connectivity index (χ1n) is 8.93. The van der Waals surface area contributed by atoms with Gasteiger partial charge in [-0.3, -0.25) is 9.36 Å². The average molecular weight is 365 g/mol. The Balaban J connectivity index is 1.79. The molecule has 4 nitrogen and oxygen atoms in total. The number of thioether (sulfide) groups is 1. The molecular formula is C18H24N2O2S2. The maximum atomic E-state index is 13.3. The molecule has 6 heteroatoms. The Morgan fingerprint density at radius 3 is 3.00 bits per heavy atom. The molecule has 0 spiro atoms. The van der Waals surface area contributed by atoms with Crippen molar-refractivity contribution in [1.82, 2.24) is 9.55 Å². The van der Waals surface area contributed by atoms with Crippen molar-refractivity contribution in [2.75, 3.05) is 12.4 Å². The molecule has 3 heterocycles. The van der Waals surface area contributed by atoms with Crippen LogP contribution >= 0.6 is 23.1 Å². The van der Waals surface area contributed by atoms with E-state index in [4.69, 9.17) is 9.72 Å². The Morgan fingerprint density at radius 2 is 2.25 bits per heavy atom. The summed E-state index contributed by atoms with van der Waals surface area (Å²) in [6, 6.07) is 0. The van der Waals surface area contributed by atoms with Crippen LogP contribution in [-0.4, -0.2) is 28.0 Å². The van der Waals surface area contributed by atoms with Gasteiger partial charge in [0.1, 0.15) is 4.83 Å². The Bertz CT molecular complexity index is 803. The van der Waals surface area contributed by atoms with Crippen LogP contribution in [0.25, 0.3) is 10.2 Å². The minimum atomic E-state index is 0.154. The highest BCUT2D eigenvalue weighted by molar-refractivity contribution is 7.99. The van der Waals surface area contributed by atoms with Crippen LogP contribution in [0.3, 0.4) is 0 Å². The fourth-order valence-corrected chi connectivity index (χ4v) is 5.82. The molecule has 0 unspecified atom stereocenters. The van der Waals surface area contributed by atoms with Crippen molar-refractivity contribution in [3.8, 4) is 0 Å². The van der Waals surface area contributed by atoms with E-state index in [1.54, 1.807) is 23.1 Å². The zero-order valence-electron chi connectivity index (χ0n) is 14.3. The van der Waals surface area contributed by atoms with Gasteiger partial charge < -0.3 is 4.74 Å². The van der Waals surface area contributed by atoms with E-state index >= 15 is 0 Å². The fourth-order valence-electron chi connectivity index (χ4n) is 3.56. The van der Waals surface area contributed by atoms with E-state index in [1.165, 1.54) is 16.9 Å². The summed E-state index contributed by atoms with van der Waals surface area (Å²) in [5.74, 6) is 1.56. The van der Waals surface area contributed by atoms with Gasteiger partial charge in [0.05, 0.1) is 18.0 Å². The standard InChI is InChI=1S/C18H24N2O2S2/c1-11(2)10-23-18-19-16-15(13-6-3-7-14(13)24-16)17(21)20(18)9-12-5-4-8-22-12/h11-12H,3-10H2,1-2H3/t12-/m0/s1. The molecule has 2 aromatic heterocycles. The number of fused-ring (bicyclic) bond motifs is 3. The first-order chi connectivity index (χ1) is 11.6. The first-order valence-corrected chi connectivity index (χ1v) is 10.7. The molecule has 0 aromatic carbocycles. The van der Waals surface area contributed by atoms with Crippen LogP contribution in [0.15, 0.2) is 9.95 Å². The highest BCUT2D eigenvalue weighted by Crippen LogP contribution is 2.36. The van der Waals surface area contributed by atoms with E-state index in [-0.39, 0.29) is 11.7 Å². The van der Waals surface area contributed by atoms with E-state index < -0.39 is 0 Å². The first kappa shape index (κ1) is 16.6. The van der Waals surface area contributed by atoms with E-state index in [2.05, 4.69) is 13.8 Å². The molecule has 1 aliphatic heterocycles. The third-order valence-corrected chi connectivity index (χ3v) is 7.33. The largest absolute Gasteiger partial charge is 0.376 e. The van der Waals surface area contributed by atoms with Gasteiger partial charge in [0, 0.05) is 17.2 Å². The molecule has 4 rings (SSSR count). The van der Waals surface area contributed by atoms with Crippen LogP contribution in [-0.2, 0) is 24.1 Å². The van der Waals surface area contributed by atoms with Crippen molar-refractivity contribution >= 4 is 33.3 Å². The third-order valence-electron chi connectivity index (χ3n) is 4.75. The van der Waals surface area contributed by atoms with Gasteiger partial charge in [0.2, 0.25) is 0 Å². The van der Waals surface area contributed by atoms with Crippen LogP contribution < -0.4 is 5.56 Å². The Kier molecular flexibility index (Phi) is 4.71. The molecular weight excluding hydrogens is 340 g/mol. The van der Waals surface area contributed by atoms with Crippen molar-refractivity contribution in [3.05, 3.63) is 20.8 Å². The Hall–Kier alpha value is -0.850. The summed E-state index contributed by atoms with van der Waals surface area (Å²) in [5, 5.41) is 1.76. The lowest BCUT2D eigenvalue weighted by Crippen LogP contribution is -2.29. The number of aryl methyl sites for hydroxylation is 2. The Morgan fingerprint density at radius 1 is 1.38 bits per heavy atom. The zero-order valence-corrected chi connectivity index (χ0v) is 16.0. The number of aromatic nitrogens is 2. The molecule has 1 aliphatic carbocycles. The number of ether oxygens (including phenoxy) is 1. The van der Waals surface area contributed by atoms with Gasteiger partial charge in [-0.1, -0.05) is 25.6 Å². The summed E-state index contributed by atoms with van der Waals surface area (Å²) >= 11 is 3.44. The molecule has 130 valence electrons. The van der Waals surface area contributed by atoms with Crippen LogP contribution in [0.2, 0.25) is 0 Å². The number of hydrogen-bond acceptors (Lipinski definition) is 5. The van der Waals surface area contributed by atoms with Gasteiger partial charge in [-0.2, -0.15) is 0 Å². The monoisotopic (exact) mass is 364 g/mol. The van der Waals surface area contributed by atoms with Gasteiger partial charge in [0.15, 0.2) is 5.16 Å². The summed E-state index contributed by atoms with van der Waals surface area (Å²) in [6.45, 7) is 5.87. The molecule has 1 atom stereocenters. The SMILES string of the molecule is CC(C)CSc1nc2sc3c(c2c(=O)n1C[C@@H]1CCCO1)CCC3. The lowest BCUT2D eigenvalue weighted by molar-refractivity contribution is 0.0937. The van der Waals surface area contributed by atoms with Gasteiger partial charge in [0.25, 0.3) is 5.56 Å². The lowest BCUT2D eigenvalue weighted by atomic mass is 10.2. The van der Waals surface area contributed by atoms with Gasteiger partial charge in [-0.25, -0.2) is 4.98 Å². The summed E-state index contributed by atoms with van der Waals surface area (Å²) in [5.41, 5.74) is 1.43. The second-order valence-electron chi connectivity index (χ2n) is 7.19. The average Bonchev–Trinajstić information content (AvgIpc) is 3.24. The van der Waals surface area contributed by atoms with Gasteiger partial charge in [-0.05, 0) is 43.6 Å². The minimum absolute atomic E-state index is 0.154. The highest BCUT2D eigenvalue weighted by Gasteiger charge is 2.25. The number of thiophene rings is 1. The number of nitrogens with zero attached hydrogens (tertiary/aromatic N) is 2. The van der Waals surface area contributed by atoms with Crippen molar-refractivity contribution in [2.45, 2.75) is 63.8 Å². The molecule has 0 bridgehead atoms. The van der Waals surface area contributed by atoms with Crippen molar-refractivity contribution in [1.29, 1.82) is 0 Å². The molecule has 2 aromatic rings. The molecule has 0 radical (unpaired) electrons. The third kappa shape index (κ3) is 3.04. The molecule has 1 saturated heterocycles. The summed E-state index contributed by atoms with van der Waals surface area (Å²) < 4.78 is 7.68. The molecule has 2 aliphatic rings. The van der Waals surface area contributed by atoms with Crippen LogP contribution in [0.5, 0.6) is 0 Å². The summed E-state index contributed by atoms with van der Waals surface area (Å²) in [6.07, 6.45) is 5.61. The predicted octanol–water partition coefficient (Wildman–Crippen LogP) is 3.87. The predicted molar refractivity (Wildman–Crippen MR) is 100 cm³/mol. The maximum Gasteiger partial charge on any atom is 0.263 e. The number of rotatable bonds is 5. The zero-order chi connectivity index (χ0) is 16.7. The quantitative estimate of drug-likeness (QED) is 0.597. The summed E-state index contributed by atoms with van der Waals surface area (Å²) in [7, 11) is 0. The molecule has 0 saturated carbocycles. The highest BCUT2D eigenvalue weighted by atomic mass is 32.2. The van der Waals surface area contributed by atoms with Gasteiger partial charge in [-0.15, -0.1) is 11.3 Å². The van der Waals surface area contributed by atoms with E-state index in [0.29, 0.717) is 12.5 Å². The molecule has 1 fully saturated rings. The fraction of sp³-hybridized carbons (Fsp3) is 0.667. The van der Waals surface area contributed by atoms with E-state index in [9.17, 15) is 4.79 Å². The van der Waals surface area contributed by atoms with Crippen LogP contribution in [0.4, 0.5) is 0 Å². The van der Waals surface area contributed by atoms with Crippen LogP contribution in [0.1, 0.15) is 43.6 Å². The second kappa shape index (κ2) is 6.81. The van der Waals surface area contributed by atoms with Gasteiger partial charge >= 0.3 is 0 Å². The van der Waals surface area contributed by atoms with E-state index in [1.807, 2.05) is 4.57 Å². The normalized spacial score (nSPS) is 20.4. The second-order valence-corrected chi connectivity index (χ2v) is 9.26. The van der Waals surface area contributed by atoms with E-state index in [0.717, 1.165) is 53.4 Å². The lowest BCUT2D eigenvalue weighted by Gasteiger charge is -2.16. The van der Waals surface area contributed by atoms with Crippen molar-refractivity contribution in [2.24, 2.45) is 5.92 Å². The molecule has 0 amide bonds. The van der Waals surface area contributed by atoms with Crippen molar-refractivity contribution in [3.63, 3.8) is 0 Å². The van der Waals surface area contributed by atoms with Crippen LogP contribution in [0, 0.1) is 5.92 Å². The van der Waals surface area contributed by atoms with Crippen molar-refractivity contribution < 1.29 is 4.74 Å². The molecule has 0 N–H and O–H groups in total. The summed E-state index contributed by atoms with van der Waals surface area (Å²) in [4.78, 5) is 20.5. The Labute approximate surface area is 150 Å². The maximum absolute atomic E-state index is 13.3. The smallest absolute Gasteiger partial charge is 0.263 e. The molecule has 24 heavy (non-hydrogen) atoms. The number of hydrogen-bond donors (Lipinski definition) is 0. The topological polar surface area (TPSA) is 44.1 Å².